The third-order valence-electron chi connectivity index (χ3n) is 5.41. The lowest BCUT2D eigenvalue weighted by molar-refractivity contribution is 0.102. The van der Waals surface area contributed by atoms with Gasteiger partial charge in [-0.25, -0.2) is 0 Å². The molecule has 1 fully saturated rings. The number of hydrogen-bond acceptors (Lipinski definition) is 5. The molecule has 2 heterocycles. The van der Waals surface area contributed by atoms with Gasteiger partial charge in [0.2, 0.25) is 0 Å². The fourth-order valence-corrected chi connectivity index (χ4v) is 4.71. The van der Waals surface area contributed by atoms with Crippen molar-refractivity contribution in [2.24, 2.45) is 0 Å². The third-order valence-corrected chi connectivity index (χ3v) is 6.37. The van der Waals surface area contributed by atoms with E-state index in [2.05, 4.69) is 28.3 Å². The van der Waals surface area contributed by atoms with Gasteiger partial charge in [0.1, 0.15) is 5.75 Å². The van der Waals surface area contributed by atoms with E-state index in [1.54, 1.807) is 13.2 Å². The number of Topliss-reactive ketones (excluding diaryl/α,β-unsaturated/α-hetero) is 1. The zero-order valence-electron chi connectivity index (χ0n) is 17.6. The minimum Gasteiger partial charge on any atom is -0.496 e. The summed E-state index contributed by atoms with van der Waals surface area (Å²) in [4.78, 5) is 13.0. The van der Waals surface area contributed by atoms with E-state index in [9.17, 15) is 4.79 Å². The monoisotopic (exact) mass is 422 g/mol. The van der Waals surface area contributed by atoms with Crippen molar-refractivity contribution in [2.75, 3.05) is 12.9 Å². The van der Waals surface area contributed by atoms with Crippen molar-refractivity contribution in [1.82, 2.24) is 19.3 Å². The highest BCUT2D eigenvalue weighted by Gasteiger charge is 2.28. The number of carbonyl (C=O) groups excluding carboxylic acids is 1. The molecule has 2 aromatic heterocycles. The molecule has 1 saturated carbocycles. The number of benzene rings is 1. The summed E-state index contributed by atoms with van der Waals surface area (Å²) >= 11 is 1.41. The molecule has 0 unspecified atom stereocenters. The molecule has 156 valence electrons. The number of rotatable bonds is 9. The molecule has 0 radical (unpaired) electrons. The Morgan fingerprint density at radius 2 is 2.07 bits per heavy atom. The van der Waals surface area contributed by atoms with E-state index in [1.165, 1.54) is 24.6 Å². The standard InChI is InChI=1S/C23H26N4O2S/c1-5-12-26-22(18-8-6-7-9-21(18)29-4)24-25-23(26)30-14-20(28)19-13-15(2)27(16(19)3)17-10-11-17/h5-9,13,17H,1,10-12,14H2,2-4H3. The van der Waals surface area contributed by atoms with Crippen LogP contribution >= 0.6 is 11.8 Å². The number of carbonyl (C=O) groups is 1. The smallest absolute Gasteiger partial charge is 0.192 e. The van der Waals surface area contributed by atoms with E-state index in [0.717, 1.165) is 28.3 Å². The van der Waals surface area contributed by atoms with Gasteiger partial charge >= 0.3 is 0 Å². The quantitative estimate of drug-likeness (QED) is 0.280. The van der Waals surface area contributed by atoms with Crippen molar-refractivity contribution in [3.8, 4) is 17.1 Å². The second-order valence-electron chi connectivity index (χ2n) is 7.50. The first kappa shape index (κ1) is 20.5. The Kier molecular flexibility index (Phi) is 5.81. The van der Waals surface area contributed by atoms with Gasteiger partial charge in [-0.3, -0.25) is 9.36 Å². The normalized spacial score (nSPS) is 13.4. The van der Waals surface area contributed by atoms with E-state index < -0.39 is 0 Å². The van der Waals surface area contributed by atoms with E-state index >= 15 is 0 Å². The summed E-state index contributed by atoms with van der Waals surface area (Å²) < 4.78 is 9.75. The van der Waals surface area contributed by atoms with Crippen LogP contribution in [0.2, 0.25) is 0 Å². The largest absolute Gasteiger partial charge is 0.496 e. The number of methoxy groups -OCH3 is 1. The van der Waals surface area contributed by atoms with Crippen LogP contribution in [0, 0.1) is 13.8 Å². The van der Waals surface area contributed by atoms with Crippen LogP contribution in [0.4, 0.5) is 0 Å². The molecular formula is C23H26N4O2S. The predicted octanol–water partition coefficient (Wildman–Crippen LogP) is 4.87. The molecule has 6 nitrogen and oxygen atoms in total. The van der Waals surface area contributed by atoms with Crippen LogP contribution in [0.3, 0.4) is 0 Å². The van der Waals surface area contributed by atoms with E-state index in [0.29, 0.717) is 29.3 Å². The van der Waals surface area contributed by atoms with Crippen molar-refractivity contribution in [3.63, 3.8) is 0 Å². The Labute approximate surface area is 181 Å². The van der Waals surface area contributed by atoms with Gasteiger partial charge in [0.25, 0.3) is 0 Å². The molecule has 7 heteroatoms. The molecule has 1 aliphatic rings. The van der Waals surface area contributed by atoms with Crippen molar-refractivity contribution >= 4 is 17.5 Å². The minimum atomic E-state index is 0.118. The first-order valence-corrected chi connectivity index (χ1v) is 11.1. The fourth-order valence-electron chi connectivity index (χ4n) is 3.88. The maximum absolute atomic E-state index is 13.0. The van der Waals surface area contributed by atoms with Gasteiger partial charge in [0.15, 0.2) is 16.8 Å². The van der Waals surface area contributed by atoms with Crippen LogP contribution in [-0.2, 0) is 6.54 Å². The molecule has 0 bridgehead atoms. The lowest BCUT2D eigenvalue weighted by atomic mass is 10.2. The van der Waals surface area contributed by atoms with Gasteiger partial charge in [-0.15, -0.1) is 16.8 Å². The summed E-state index contributed by atoms with van der Waals surface area (Å²) in [6.07, 6.45) is 4.21. The fraction of sp³-hybridized carbons (Fsp3) is 0.348. The summed E-state index contributed by atoms with van der Waals surface area (Å²) in [5.41, 5.74) is 3.91. The Hall–Kier alpha value is -2.80. The van der Waals surface area contributed by atoms with Crippen molar-refractivity contribution in [2.45, 2.75) is 44.4 Å². The number of para-hydroxylation sites is 1. The maximum Gasteiger partial charge on any atom is 0.192 e. The van der Waals surface area contributed by atoms with E-state index in [4.69, 9.17) is 4.74 Å². The Morgan fingerprint density at radius 1 is 1.30 bits per heavy atom. The maximum atomic E-state index is 13.0. The zero-order valence-corrected chi connectivity index (χ0v) is 18.4. The highest BCUT2D eigenvalue weighted by Crippen LogP contribution is 2.38. The molecule has 1 aliphatic carbocycles. The molecule has 0 aliphatic heterocycles. The number of aromatic nitrogens is 4. The molecule has 3 aromatic rings. The number of allylic oxidation sites excluding steroid dienone is 1. The first-order valence-electron chi connectivity index (χ1n) is 10.1. The van der Waals surface area contributed by atoms with Crippen LogP contribution in [0.5, 0.6) is 5.75 Å². The molecule has 0 atom stereocenters. The lowest BCUT2D eigenvalue weighted by Crippen LogP contribution is -2.07. The summed E-state index contributed by atoms with van der Waals surface area (Å²) in [5.74, 6) is 1.87. The predicted molar refractivity (Wildman–Crippen MR) is 119 cm³/mol. The summed E-state index contributed by atoms with van der Waals surface area (Å²) in [5, 5.41) is 9.43. The zero-order chi connectivity index (χ0) is 21.3. The second-order valence-corrected chi connectivity index (χ2v) is 8.45. The Bertz CT molecular complexity index is 1090. The van der Waals surface area contributed by atoms with Crippen LogP contribution in [-0.4, -0.2) is 38.0 Å². The van der Waals surface area contributed by atoms with Gasteiger partial charge in [-0.2, -0.15) is 0 Å². The second kappa shape index (κ2) is 8.52. The summed E-state index contributed by atoms with van der Waals surface area (Å²) in [6.45, 7) is 8.53. The Morgan fingerprint density at radius 3 is 2.77 bits per heavy atom. The lowest BCUT2D eigenvalue weighted by Gasteiger charge is -2.10. The molecule has 0 N–H and O–H groups in total. The van der Waals surface area contributed by atoms with Gasteiger partial charge in [0, 0.05) is 29.5 Å². The van der Waals surface area contributed by atoms with Gasteiger partial charge in [-0.1, -0.05) is 30.0 Å². The van der Waals surface area contributed by atoms with Crippen LogP contribution in [0.15, 0.2) is 48.1 Å². The molecule has 0 amide bonds. The molecule has 0 spiro atoms. The average molecular weight is 423 g/mol. The Balaban J connectivity index is 1.57. The molecule has 4 rings (SSSR count). The summed E-state index contributed by atoms with van der Waals surface area (Å²) in [7, 11) is 1.64. The molecule has 30 heavy (non-hydrogen) atoms. The van der Waals surface area contributed by atoms with Crippen LogP contribution < -0.4 is 4.74 Å². The number of ketones is 1. The van der Waals surface area contributed by atoms with E-state index in [-0.39, 0.29) is 5.78 Å². The topological polar surface area (TPSA) is 61.9 Å². The van der Waals surface area contributed by atoms with E-state index in [1.807, 2.05) is 41.8 Å². The first-order chi connectivity index (χ1) is 14.5. The van der Waals surface area contributed by atoms with Crippen molar-refractivity contribution in [3.05, 3.63) is 59.9 Å². The van der Waals surface area contributed by atoms with Crippen molar-refractivity contribution in [1.29, 1.82) is 0 Å². The highest BCUT2D eigenvalue weighted by molar-refractivity contribution is 7.99. The molecule has 0 saturated heterocycles. The number of thioether (sulfide) groups is 1. The number of nitrogens with zero attached hydrogens (tertiary/aromatic N) is 4. The van der Waals surface area contributed by atoms with Gasteiger partial charge in [0.05, 0.1) is 18.4 Å². The van der Waals surface area contributed by atoms with Crippen molar-refractivity contribution < 1.29 is 9.53 Å². The van der Waals surface area contributed by atoms with Gasteiger partial charge in [-0.05, 0) is 44.9 Å². The number of aryl methyl sites for hydroxylation is 1. The molecule has 1 aromatic carbocycles. The SMILES string of the molecule is C=CCn1c(SCC(=O)c2cc(C)n(C3CC3)c2C)nnc1-c1ccccc1OC. The third kappa shape index (κ3) is 3.81. The molecular weight excluding hydrogens is 396 g/mol. The average Bonchev–Trinajstić information content (AvgIpc) is 3.43. The summed E-state index contributed by atoms with van der Waals surface area (Å²) in [6, 6.07) is 10.3. The minimum absolute atomic E-state index is 0.118. The van der Waals surface area contributed by atoms with Crippen LogP contribution in [0.1, 0.15) is 40.6 Å². The highest BCUT2D eigenvalue weighted by atomic mass is 32.2. The van der Waals surface area contributed by atoms with Crippen LogP contribution in [0.25, 0.3) is 11.4 Å². The number of ether oxygens (including phenoxy) is 1. The number of hydrogen-bond donors (Lipinski definition) is 0. The van der Waals surface area contributed by atoms with Gasteiger partial charge < -0.3 is 9.30 Å².